The van der Waals surface area contributed by atoms with Crippen molar-refractivity contribution in [1.82, 2.24) is 0 Å². The molecular formula is C22H40N3O2+. The van der Waals surface area contributed by atoms with Crippen LogP contribution in [0, 0.1) is 0 Å². The van der Waals surface area contributed by atoms with Crippen molar-refractivity contribution >= 4 is 11.8 Å². The number of unbranched alkanes of at least 4 members (excludes halogenated alkanes) is 9. The molecule has 3 N–H and O–H groups in total. The van der Waals surface area contributed by atoms with Gasteiger partial charge < -0.3 is 10.8 Å². The van der Waals surface area contributed by atoms with E-state index in [9.17, 15) is 9.90 Å². The maximum atomic E-state index is 11.2. The summed E-state index contributed by atoms with van der Waals surface area (Å²) in [6, 6.07) is 0. The number of carboxylic acids is 1. The average molecular weight is 379 g/mol. The van der Waals surface area contributed by atoms with E-state index in [2.05, 4.69) is 24.1 Å². The van der Waals surface area contributed by atoms with Crippen LogP contribution < -0.4 is 5.73 Å². The van der Waals surface area contributed by atoms with Crippen LogP contribution in [0.4, 0.5) is 0 Å². The lowest BCUT2D eigenvalue weighted by Gasteiger charge is -2.30. The van der Waals surface area contributed by atoms with E-state index in [1.807, 2.05) is 6.20 Å². The van der Waals surface area contributed by atoms with Crippen molar-refractivity contribution in [3.8, 4) is 0 Å². The van der Waals surface area contributed by atoms with Gasteiger partial charge in [0.1, 0.15) is 12.7 Å². The number of carboxylic acid groups (broad SMARTS) is 1. The topological polar surface area (TPSA) is 75.7 Å². The minimum Gasteiger partial charge on any atom is -0.477 e. The molecule has 154 valence electrons. The van der Waals surface area contributed by atoms with Gasteiger partial charge in [-0.1, -0.05) is 64.0 Å². The van der Waals surface area contributed by atoms with Crippen molar-refractivity contribution in [1.29, 1.82) is 0 Å². The Morgan fingerprint density at radius 1 is 1.07 bits per heavy atom. The van der Waals surface area contributed by atoms with Gasteiger partial charge in [-0.15, -0.1) is 0 Å². The van der Waals surface area contributed by atoms with Crippen molar-refractivity contribution in [2.75, 3.05) is 19.6 Å². The van der Waals surface area contributed by atoms with Crippen molar-refractivity contribution in [3.05, 3.63) is 24.6 Å². The number of aliphatic imine (C=N–C) groups is 1. The molecule has 0 spiro atoms. The monoisotopic (exact) mass is 378 g/mol. The molecule has 0 saturated carbocycles. The molecule has 5 heteroatoms. The van der Waals surface area contributed by atoms with E-state index in [0.29, 0.717) is 13.1 Å². The average Bonchev–Trinajstić information content (AvgIpc) is 3.00. The number of nitrogens with two attached hydrogens (primary N) is 1. The maximum absolute atomic E-state index is 11.2. The molecule has 0 bridgehead atoms. The highest BCUT2D eigenvalue weighted by Crippen LogP contribution is 2.20. The minimum atomic E-state index is -0.812. The lowest BCUT2D eigenvalue weighted by molar-refractivity contribution is -0.778. The first-order chi connectivity index (χ1) is 13.1. The van der Waals surface area contributed by atoms with Crippen LogP contribution in [-0.4, -0.2) is 41.0 Å². The zero-order chi connectivity index (χ0) is 19.8. The predicted molar refractivity (Wildman–Crippen MR) is 113 cm³/mol. The normalized spacial score (nSPS) is 19.1. The summed E-state index contributed by atoms with van der Waals surface area (Å²) in [4.78, 5) is 15.6. The Labute approximate surface area is 165 Å². The van der Waals surface area contributed by atoms with Gasteiger partial charge >= 0.3 is 5.97 Å². The van der Waals surface area contributed by atoms with Crippen molar-refractivity contribution in [3.63, 3.8) is 0 Å². The molecule has 27 heavy (non-hydrogen) atoms. The summed E-state index contributed by atoms with van der Waals surface area (Å²) in [5.41, 5.74) is 5.70. The summed E-state index contributed by atoms with van der Waals surface area (Å²) in [5, 5.41) is 9.21. The molecule has 0 aromatic heterocycles. The Balaban J connectivity index is 2.13. The second kappa shape index (κ2) is 14.6. The molecule has 1 aliphatic rings. The van der Waals surface area contributed by atoms with Crippen molar-refractivity contribution in [2.45, 2.75) is 84.0 Å². The van der Waals surface area contributed by atoms with Gasteiger partial charge in [0.15, 0.2) is 6.54 Å². The Kier molecular flexibility index (Phi) is 12.7. The van der Waals surface area contributed by atoms with Gasteiger partial charge in [0.25, 0.3) is 0 Å². The van der Waals surface area contributed by atoms with E-state index < -0.39 is 5.97 Å². The van der Waals surface area contributed by atoms with Crippen LogP contribution in [0.15, 0.2) is 29.5 Å². The van der Waals surface area contributed by atoms with Crippen molar-refractivity contribution < 1.29 is 14.4 Å². The van der Waals surface area contributed by atoms with Crippen LogP contribution in [0.2, 0.25) is 0 Å². The molecule has 0 radical (unpaired) electrons. The number of carbonyl (C=O) groups is 1. The zero-order valence-corrected chi connectivity index (χ0v) is 17.2. The molecule has 0 aromatic carbocycles. The molecule has 5 nitrogen and oxygen atoms in total. The third-order valence-electron chi connectivity index (χ3n) is 5.20. The molecule has 1 atom stereocenters. The van der Waals surface area contributed by atoms with Crippen LogP contribution in [0.5, 0.6) is 0 Å². The number of amidine groups is 1. The first-order valence-corrected chi connectivity index (χ1v) is 10.8. The molecule has 1 rings (SSSR count). The first-order valence-electron chi connectivity index (χ1n) is 10.8. The molecule has 0 aliphatic carbocycles. The predicted octanol–water partition coefficient (Wildman–Crippen LogP) is 4.99. The quantitative estimate of drug-likeness (QED) is 0.213. The highest BCUT2D eigenvalue weighted by atomic mass is 16.4. The molecule has 0 amide bonds. The number of allylic oxidation sites excluding steroid dienone is 2. The second-order valence-corrected chi connectivity index (χ2v) is 7.57. The Morgan fingerprint density at radius 3 is 2.33 bits per heavy atom. The first kappa shape index (κ1) is 23.6. The highest BCUT2D eigenvalue weighted by Gasteiger charge is 2.36. The fourth-order valence-corrected chi connectivity index (χ4v) is 3.64. The highest BCUT2D eigenvalue weighted by molar-refractivity contribution is 5.81. The molecule has 1 aliphatic heterocycles. The summed E-state index contributed by atoms with van der Waals surface area (Å²) in [6.45, 7) is 3.34. The SMILES string of the molecule is CCCCCCCCCC/C=C/CCCC1=NC=C[N+]1(CCN)CC(=O)O. The van der Waals surface area contributed by atoms with Gasteiger partial charge in [-0.2, -0.15) is 0 Å². The number of aliphatic carboxylic acids is 1. The summed E-state index contributed by atoms with van der Waals surface area (Å²) in [7, 11) is 0. The van der Waals surface area contributed by atoms with E-state index in [1.165, 1.54) is 57.8 Å². The lowest BCUT2D eigenvalue weighted by atomic mass is 10.1. The third-order valence-corrected chi connectivity index (χ3v) is 5.20. The number of hydrogen-bond acceptors (Lipinski definition) is 3. The van der Waals surface area contributed by atoms with Gasteiger partial charge in [0.05, 0.1) is 6.20 Å². The van der Waals surface area contributed by atoms with Gasteiger partial charge in [-0.25, -0.2) is 14.3 Å². The zero-order valence-electron chi connectivity index (χ0n) is 17.2. The molecule has 0 aromatic rings. The number of quaternary nitrogens is 1. The fraction of sp³-hybridized carbons (Fsp3) is 0.727. The molecule has 0 fully saturated rings. The largest absolute Gasteiger partial charge is 0.477 e. The molecule has 1 unspecified atom stereocenters. The van der Waals surface area contributed by atoms with Gasteiger partial charge in [0, 0.05) is 13.0 Å². The second-order valence-electron chi connectivity index (χ2n) is 7.57. The van der Waals surface area contributed by atoms with E-state index >= 15 is 0 Å². The maximum Gasteiger partial charge on any atom is 0.360 e. The van der Waals surface area contributed by atoms with E-state index in [4.69, 9.17) is 5.73 Å². The van der Waals surface area contributed by atoms with Gasteiger partial charge in [-0.3, -0.25) is 0 Å². The van der Waals surface area contributed by atoms with E-state index in [-0.39, 0.29) is 11.0 Å². The smallest absolute Gasteiger partial charge is 0.360 e. The van der Waals surface area contributed by atoms with Crippen LogP contribution in [0.3, 0.4) is 0 Å². The summed E-state index contributed by atoms with van der Waals surface area (Å²) < 4.78 is 0.286. The van der Waals surface area contributed by atoms with E-state index in [1.54, 1.807) is 6.20 Å². The van der Waals surface area contributed by atoms with Crippen LogP contribution in [0.25, 0.3) is 0 Å². The lowest BCUT2D eigenvalue weighted by Crippen LogP contribution is -2.52. The summed E-state index contributed by atoms with van der Waals surface area (Å²) >= 11 is 0. The van der Waals surface area contributed by atoms with E-state index in [0.717, 1.165) is 25.1 Å². The molecular weight excluding hydrogens is 338 g/mol. The van der Waals surface area contributed by atoms with Gasteiger partial charge in [0.2, 0.25) is 5.84 Å². The van der Waals surface area contributed by atoms with Gasteiger partial charge in [-0.05, 0) is 25.7 Å². The van der Waals surface area contributed by atoms with Crippen LogP contribution in [0.1, 0.15) is 84.0 Å². The molecule has 1 heterocycles. The third kappa shape index (κ3) is 9.87. The standard InChI is InChI=1S/C22H39N3O2/c1-2-3-4-5-6-7-8-9-10-11-12-13-14-15-21-24-17-19-25(21,18-16-23)20-22(26)27/h11-12,17,19H,2-10,13-16,18,20,23H2,1H3/p+1/b12-11+. The van der Waals surface area contributed by atoms with Crippen LogP contribution >= 0.6 is 0 Å². The number of hydrogen-bond donors (Lipinski definition) is 2. The Bertz CT molecular complexity index is 500. The Morgan fingerprint density at radius 2 is 1.70 bits per heavy atom. The fourth-order valence-electron chi connectivity index (χ4n) is 3.64. The minimum absolute atomic E-state index is 0.0286. The number of rotatable bonds is 17. The Hall–Kier alpha value is -1.46. The van der Waals surface area contributed by atoms with Crippen LogP contribution in [-0.2, 0) is 4.79 Å². The van der Waals surface area contributed by atoms with Crippen molar-refractivity contribution in [2.24, 2.45) is 10.7 Å². The summed E-state index contributed by atoms with van der Waals surface area (Å²) in [5.74, 6) is 0.118. The number of nitrogens with zero attached hydrogens (tertiary/aromatic N) is 2. The summed E-state index contributed by atoms with van der Waals surface area (Å²) in [6.07, 6.45) is 23.1. The molecule has 0 saturated heterocycles.